The number of nitrogens with zero attached hydrogens (tertiary/aromatic N) is 1. The van der Waals surface area contributed by atoms with Gasteiger partial charge in [-0.05, 0) is 23.9 Å². The van der Waals surface area contributed by atoms with Gasteiger partial charge in [-0.2, -0.15) is 0 Å². The highest BCUT2D eigenvalue weighted by Crippen LogP contribution is 2.41. The van der Waals surface area contributed by atoms with Gasteiger partial charge in [0.05, 0.1) is 17.1 Å². The van der Waals surface area contributed by atoms with Crippen molar-refractivity contribution in [3.05, 3.63) is 36.4 Å². The molecule has 0 unspecified atom stereocenters. The van der Waals surface area contributed by atoms with Crippen LogP contribution in [0.3, 0.4) is 0 Å². The van der Waals surface area contributed by atoms with Crippen LogP contribution in [0.5, 0.6) is 0 Å². The molecule has 2 amide bonds. The van der Waals surface area contributed by atoms with Crippen LogP contribution in [-0.4, -0.2) is 52.4 Å². The molecule has 1 aliphatic rings. The Hall–Kier alpha value is -3.14. The molecule has 9 nitrogen and oxygen atoms in total. The Kier molecular flexibility index (Phi) is 6.02. The van der Waals surface area contributed by atoms with Crippen molar-refractivity contribution in [3.8, 4) is 0 Å². The molecule has 3 rings (SSSR count). The molecule has 1 heterocycles. The number of esters is 1. The molecule has 0 aromatic heterocycles. The normalized spacial score (nSPS) is 13.9. The first-order chi connectivity index (χ1) is 13.8. The Bertz CT molecular complexity index is 1060. The van der Waals surface area contributed by atoms with E-state index in [1.54, 1.807) is 30.3 Å². The van der Waals surface area contributed by atoms with Crippen LogP contribution in [0, 0.1) is 0 Å². The fraction of sp³-hybridized carbons (Fsp3) is 0.316. The molecule has 0 fully saturated rings. The van der Waals surface area contributed by atoms with Gasteiger partial charge in [0.25, 0.3) is 15.9 Å². The van der Waals surface area contributed by atoms with Crippen molar-refractivity contribution >= 4 is 44.3 Å². The number of carbonyl (C=O) groups excluding carboxylic acids is 3. The first-order valence-electron chi connectivity index (χ1n) is 9.08. The summed E-state index contributed by atoms with van der Waals surface area (Å²) in [7, 11) is -3.88. The van der Waals surface area contributed by atoms with E-state index in [0.717, 1.165) is 16.1 Å². The molecule has 2 N–H and O–H groups in total. The van der Waals surface area contributed by atoms with Gasteiger partial charge in [0.1, 0.15) is 6.54 Å². The van der Waals surface area contributed by atoms with E-state index in [9.17, 15) is 22.8 Å². The van der Waals surface area contributed by atoms with E-state index in [2.05, 4.69) is 10.6 Å². The molecule has 0 radical (unpaired) electrons. The summed E-state index contributed by atoms with van der Waals surface area (Å²) in [6.07, 6.45) is 0.772. The van der Waals surface area contributed by atoms with Crippen LogP contribution in [0.15, 0.2) is 41.3 Å². The maximum Gasteiger partial charge on any atom is 0.327 e. The van der Waals surface area contributed by atoms with Crippen molar-refractivity contribution in [1.82, 2.24) is 10.6 Å². The monoisotopic (exact) mass is 419 g/mol. The van der Waals surface area contributed by atoms with Gasteiger partial charge in [0, 0.05) is 11.9 Å². The van der Waals surface area contributed by atoms with Crippen LogP contribution in [0.1, 0.15) is 13.3 Å². The van der Waals surface area contributed by atoms with Crippen LogP contribution in [0.25, 0.3) is 10.8 Å². The lowest BCUT2D eigenvalue weighted by molar-refractivity contribution is -0.147. The van der Waals surface area contributed by atoms with Crippen LogP contribution >= 0.6 is 0 Å². The fourth-order valence-electron chi connectivity index (χ4n) is 2.99. The highest BCUT2D eigenvalue weighted by Gasteiger charge is 2.37. The average Bonchev–Trinajstić information content (AvgIpc) is 2.92. The Morgan fingerprint density at radius 1 is 1.03 bits per heavy atom. The Morgan fingerprint density at radius 3 is 2.48 bits per heavy atom. The summed E-state index contributed by atoms with van der Waals surface area (Å²) in [5.41, 5.74) is 0.395. The number of sulfonamides is 1. The zero-order valence-corrected chi connectivity index (χ0v) is 16.6. The highest BCUT2D eigenvalue weighted by atomic mass is 32.2. The molecule has 1 aliphatic heterocycles. The van der Waals surface area contributed by atoms with Crippen molar-refractivity contribution in [2.24, 2.45) is 0 Å². The second kappa shape index (κ2) is 8.48. The highest BCUT2D eigenvalue weighted by molar-refractivity contribution is 7.93. The summed E-state index contributed by atoms with van der Waals surface area (Å²) in [6.45, 7) is 1.01. The van der Waals surface area contributed by atoms with Crippen LogP contribution < -0.4 is 14.9 Å². The van der Waals surface area contributed by atoms with E-state index < -0.39 is 35.1 Å². The smallest absolute Gasteiger partial charge is 0.327 e. The van der Waals surface area contributed by atoms with Gasteiger partial charge in [-0.15, -0.1) is 0 Å². The van der Waals surface area contributed by atoms with Crippen molar-refractivity contribution in [2.75, 3.05) is 30.5 Å². The van der Waals surface area contributed by atoms with Crippen LogP contribution in [0.4, 0.5) is 5.69 Å². The lowest BCUT2D eigenvalue weighted by Crippen LogP contribution is -2.40. The van der Waals surface area contributed by atoms with E-state index >= 15 is 0 Å². The summed E-state index contributed by atoms with van der Waals surface area (Å²) in [6, 6.07) is 10.0. The predicted molar refractivity (Wildman–Crippen MR) is 106 cm³/mol. The third-order valence-corrected chi connectivity index (χ3v) is 6.14. The Balaban J connectivity index is 1.59. The third kappa shape index (κ3) is 4.32. The standard InChI is InChI=1S/C19H21N3O6S/c1-2-9-20-16(23)10-21-17(24)12-28-18(25)11-22-14-7-3-5-13-6-4-8-15(19(13)14)29(22,26)27/h3-8H,2,9-12H2,1H3,(H,20,23)(H,21,24). The minimum atomic E-state index is -3.88. The van der Waals surface area contributed by atoms with Gasteiger partial charge < -0.3 is 15.4 Å². The zero-order valence-electron chi connectivity index (χ0n) is 15.8. The average molecular weight is 419 g/mol. The third-order valence-electron chi connectivity index (χ3n) is 4.34. The number of nitrogens with one attached hydrogen (secondary N) is 2. The second-order valence-electron chi connectivity index (χ2n) is 6.43. The molecule has 0 aliphatic carbocycles. The number of carbonyl (C=O) groups is 3. The molecular weight excluding hydrogens is 398 g/mol. The molecule has 0 spiro atoms. The molecule has 2 aromatic rings. The van der Waals surface area contributed by atoms with E-state index in [0.29, 0.717) is 17.6 Å². The van der Waals surface area contributed by atoms with Crippen LogP contribution in [-0.2, 0) is 29.1 Å². The van der Waals surface area contributed by atoms with Crippen LogP contribution in [0.2, 0.25) is 0 Å². The summed E-state index contributed by atoms with van der Waals surface area (Å²) >= 11 is 0. The Labute approximate surface area is 168 Å². The summed E-state index contributed by atoms with van der Waals surface area (Å²) in [5, 5.41) is 6.22. The van der Waals surface area contributed by atoms with E-state index in [-0.39, 0.29) is 17.3 Å². The number of rotatable bonds is 8. The minimum absolute atomic E-state index is 0.134. The molecule has 0 saturated heterocycles. The van der Waals surface area contributed by atoms with Gasteiger partial charge >= 0.3 is 5.97 Å². The van der Waals surface area contributed by atoms with Gasteiger partial charge in [-0.1, -0.05) is 31.2 Å². The number of amides is 2. The van der Waals surface area contributed by atoms with Crippen molar-refractivity contribution in [2.45, 2.75) is 18.2 Å². The molecule has 154 valence electrons. The molecule has 0 saturated carbocycles. The number of anilines is 1. The second-order valence-corrected chi connectivity index (χ2v) is 8.26. The van der Waals surface area contributed by atoms with E-state index in [1.807, 2.05) is 6.92 Å². The van der Waals surface area contributed by atoms with Gasteiger partial charge in [-0.25, -0.2) is 8.42 Å². The largest absolute Gasteiger partial charge is 0.454 e. The lowest BCUT2D eigenvalue weighted by atomic mass is 10.1. The zero-order chi connectivity index (χ0) is 21.0. The number of benzene rings is 2. The van der Waals surface area contributed by atoms with E-state index in [1.165, 1.54) is 6.07 Å². The predicted octanol–water partition coefficient (Wildman–Crippen LogP) is 0.534. The van der Waals surface area contributed by atoms with Gasteiger partial charge in [0.15, 0.2) is 6.61 Å². The van der Waals surface area contributed by atoms with Crippen molar-refractivity contribution in [1.29, 1.82) is 0 Å². The molecule has 10 heteroatoms. The number of ether oxygens (including phenoxy) is 1. The quantitative estimate of drug-likeness (QED) is 0.602. The summed E-state index contributed by atoms with van der Waals surface area (Å²) in [4.78, 5) is 35.4. The topological polar surface area (TPSA) is 122 Å². The SMILES string of the molecule is CCCNC(=O)CNC(=O)COC(=O)CN1c2cccc3cccc(c23)S1(=O)=O. The molecule has 0 atom stereocenters. The van der Waals surface area contributed by atoms with Gasteiger partial charge in [0.2, 0.25) is 5.91 Å². The number of hydrogen-bond acceptors (Lipinski definition) is 6. The van der Waals surface area contributed by atoms with Gasteiger partial charge in [-0.3, -0.25) is 18.7 Å². The maximum absolute atomic E-state index is 12.8. The summed E-state index contributed by atoms with van der Waals surface area (Å²) < 4.78 is 31.4. The fourth-order valence-corrected chi connectivity index (χ4v) is 4.65. The minimum Gasteiger partial charge on any atom is -0.454 e. The first kappa shape index (κ1) is 20.6. The van der Waals surface area contributed by atoms with Crippen molar-refractivity contribution < 1.29 is 27.5 Å². The number of hydrogen-bond donors (Lipinski definition) is 2. The first-order valence-corrected chi connectivity index (χ1v) is 10.5. The lowest BCUT2D eigenvalue weighted by Gasteiger charge is -2.17. The molecular formula is C19H21N3O6S. The molecule has 0 bridgehead atoms. The molecule has 29 heavy (non-hydrogen) atoms. The Morgan fingerprint density at radius 2 is 1.76 bits per heavy atom. The summed E-state index contributed by atoms with van der Waals surface area (Å²) in [5.74, 6) is -1.87. The van der Waals surface area contributed by atoms with Crippen molar-refractivity contribution in [3.63, 3.8) is 0 Å². The molecule has 2 aromatic carbocycles. The maximum atomic E-state index is 12.8. The van der Waals surface area contributed by atoms with E-state index in [4.69, 9.17) is 4.74 Å².